The Hall–Kier alpha value is -0.300. The fourth-order valence-corrected chi connectivity index (χ4v) is 4.50. The second-order valence-corrected chi connectivity index (χ2v) is 7.28. The number of hydrogen-bond donors (Lipinski definition) is 1. The second kappa shape index (κ2) is 5.56. The van der Waals surface area contributed by atoms with E-state index in [9.17, 15) is 8.42 Å². The number of hydrogen-bond acceptors (Lipinski definition) is 4. The lowest BCUT2D eigenvalue weighted by Crippen LogP contribution is -2.30. The van der Waals surface area contributed by atoms with Crippen LogP contribution in [0.4, 0.5) is 0 Å². The number of sulfonamides is 1. The molecule has 1 unspecified atom stereocenters. The Morgan fingerprint density at radius 2 is 2.41 bits per heavy atom. The van der Waals surface area contributed by atoms with Gasteiger partial charge in [0.2, 0.25) is 10.0 Å². The van der Waals surface area contributed by atoms with Gasteiger partial charge in [-0.05, 0) is 30.7 Å². The minimum Gasteiger partial charge on any atom is -0.243 e. The fourth-order valence-electron chi connectivity index (χ4n) is 1.66. The van der Waals surface area contributed by atoms with Crippen LogP contribution < -0.4 is 4.72 Å². The molecule has 1 aliphatic heterocycles. The highest BCUT2D eigenvalue weighted by Gasteiger charge is 2.22. The zero-order valence-electron chi connectivity index (χ0n) is 9.10. The number of nitrogens with zero attached hydrogens (tertiary/aromatic N) is 1. The van der Waals surface area contributed by atoms with Gasteiger partial charge in [0, 0.05) is 18.0 Å². The van der Waals surface area contributed by atoms with Gasteiger partial charge >= 0.3 is 0 Å². The molecule has 2 heterocycles. The highest BCUT2D eigenvalue weighted by molar-refractivity contribution is 8.00. The Morgan fingerprint density at radius 3 is 3.06 bits per heavy atom. The molecule has 94 valence electrons. The van der Waals surface area contributed by atoms with E-state index in [1.165, 1.54) is 12.3 Å². The molecular weight excluding hydrogens is 280 g/mol. The zero-order valence-corrected chi connectivity index (χ0v) is 11.5. The molecule has 0 spiro atoms. The van der Waals surface area contributed by atoms with E-state index >= 15 is 0 Å². The first-order chi connectivity index (χ1) is 8.09. The van der Waals surface area contributed by atoms with Gasteiger partial charge in [0.15, 0.2) is 0 Å². The topological polar surface area (TPSA) is 59.1 Å². The highest BCUT2D eigenvalue weighted by atomic mass is 35.5. The molecule has 1 aromatic heterocycles. The van der Waals surface area contributed by atoms with Crippen molar-refractivity contribution in [3.63, 3.8) is 0 Å². The van der Waals surface area contributed by atoms with E-state index in [0.29, 0.717) is 11.8 Å². The highest BCUT2D eigenvalue weighted by Crippen LogP contribution is 2.26. The van der Waals surface area contributed by atoms with Crippen LogP contribution in [0, 0.1) is 0 Å². The Kier molecular flexibility index (Phi) is 4.30. The molecule has 1 saturated heterocycles. The fraction of sp³-hybridized carbons (Fsp3) is 0.500. The van der Waals surface area contributed by atoms with Crippen molar-refractivity contribution in [3.05, 3.63) is 23.5 Å². The number of halogens is 1. The predicted molar refractivity (Wildman–Crippen MR) is 69.9 cm³/mol. The van der Waals surface area contributed by atoms with Gasteiger partial charge in [-0.15, -0.1) is 0 Å². The minimum absolute atomic E-state index is 0.0130. The van der Waals surface area contributed by atoms with Crippen molar-refractivity contribution in [2.75, 3.05) is 12.3 Å². The van der Waals surface area contributed by atoms with Crippen LogP contribution in [-0.2, 0) is 10.0 Å². The molecule has 0 amide bonds. The van der Waals surface area contributed by atoms with Gasteiger partial charge in [-0.25, -0.2) is 18.1 Å². The predicted octanol–water partition coefficient (Wildman–Crippen LogP) is 1.91. The third-order valence-electron chi connectivity index (χ3n) is 2.54. The summed E-state index contributed by atoms with van der Waals surface area (Å²) in [5.41, 5.74) is 0. The number of nitrogens with one attached hydrogen (secondary N) is 1. The first-order valence-electron chi connectivity index (χ1n) is 5.31. The first-order valence-corrected chi connectivity index (χ1v) is 8.22. The van der Waals surface area contributed by atoms with Gasteiger partial charge < -0.3 is 0 Å². The summed E-state index contributed by atoms with van der Waals surface area (Å²) in [6.45, 7) is 0.457. The van der Waals surface area contributed by atoms with Crippen LogP contribution >= 0.6 is 23.4 Å². The number of thioether (sulfide) groups is 1. The van der Waals surface area contributed by atoms with Crippen LogP contribution in [0.25, 0.3) is 0 Å². The van der Waals surface area contributed by atoms with Crippen LogP contribution in [0.2, 0.25) is 5.15 Å². The van der Waals surface area contributed by atoms with Crippen LogP contribution in [0.1, 0.15) is 12.8 Å². The largest absolute Gasteiger partial charge is 0.243 e. The second-order valence-electron chi connectivity index (χ2n) is 3.78. The number of rotatable bonds is 4. The van der Waals surface area contributed by atoms with E-state index in [2.05, 4.69) is 9.71 Å². The van der Waals surface area contributed by atoms with Crippen molar-refractivity contribution in [3.8, 4) is 0 Å². The molecule has 1 N–H and O–H groups in total. The molecule has 7 heteroatoms. The Morgan fingerprint density at radius 1 is 1.59 bits per heavy atom. The average molecular weight is 293 g/mol. The summed E-state index contributed by atoms with van der Waals surface area (Å²) in [6, 6.07) is 3.02. The molecule has 0 saturated carbocycles. The maximum Gasteiger partial charge on any atom is 0.243 e. The lowest BCUT2D eigenvalue weighted by atomic mass is 10.2. The smallest absolute Gasteiger partial charge is 0.243 e. The van der Waals surface area contributed by atoms with Crippen molar-refractivity contribution >= 4 is 33.4 Å². The molecule has 1 aliphatic rings. The SMILES string of the molecule is O=S(=O)(NCC1CCCS1)c1cccnc1Cl. The monoisotopic (exact) mass is 292 g/mol. The van der Waals surface area contributed by atoms with Gasteiger partial charge in [0.25, 0.3) is 0 Å². The summed E-state index contributed by atoms with van der Waals surface area (Å²) in [4.78, 5) is 3.81. The van der Waals surface area contributed by atoms with E-state index in [1.54, 1.807) is 17.8 Å². The molecule has 1 aromatic rings. The molecule has 0 radical (unpaired) electrons. The molecule has 17 heavy (non-hydrogen) atoms. The van der Waals surface area contributed by atoms with E-state index in [1.807, 2.05) is 0 Å². The van der Waals surface area contributed by atoms with Crippen LogP contribution in [0.3, 0.4) is 0 Å². The molecule has 1 fully saturated rings. The maximum atomic E-state index is 12.0. The lowest BCUT2D eigenvalue weighted by molar-refractivity contribution is 0.578. The maximum absolute atomic E-state index is 12.0. The summed E-state index contributed by atoms with van der Waals surface area (Å²) in [6.07, 6.45) is 3.69. The van der Waals surface area contributed by atoms with E-state index < -0.39 is 10.0 Å². The van der Waals surface area contributed by atoms with Gasteiger partial charge in [-0.1, -0.05) is 11.6 Å². The summed E-state index contributed by atoms with van der Waals surface area (Å²) in [5, 5.41) is 0.388. The molecule has 1 atom stereocenters. The quantitative estimate of drug-likeness (QED) is 0.861. The molecular formula is C10H13ClN2O2S2. The first kappa shape index (κ1) is 13.1. The van der Waals surface area contributed by atoms with Gasteiger partial charge in [-0.3, -0.25) is 0 Å². The van der Waals surface area contributed by atoms with Crippen molar-refractivity contribution < 1.29 is 8.42 Å². The third-order valence-corrected chi connectivity index (χ3v) is 5.81. The average Bonchev–Trinajstić information content (AvgIpc) is 2.80. The zero-order chi connectivity index (χ0) is 12.3. The van der Waals surface area contributed by atoms with Crippen molar-refractivity contribution in [1.82, 2.24) is 9.71 Å². The van der Waals surface area contributed by atoms with E-state index in [4.69, 9.17) is 11.6 Å². The molecule has 0 aliphatic carbocycles. The number of aromatic nitrogens is 1. The van der Waals surface area contributed by atoms with Crippen LogP contribution in [0.5, 0.6) is 0 Å². The molecule has 0 bridgehead atoms. The number of pyridine rings is 1. The Balaban J connectivity index is 2.06. The minimum atomic E-state index is -3.54. The normalized spacial score (nSPS) is 20.6. The van der Waals surface area contributed by atoms with Gasteiger partial charge in [0.05, 0.1) is 0 Å². The summed E-state index contributed by atoms with van der Waals surface area (Å²) >= 11 is 7.58. The van der Waals surface area contributed by atoms with E-state index in [0.717, 1.165) is 18.6 Å². The summed E-state index contributed by atoms with van der Waals surface area (Å²) in [7, 11) is -3.54. The third kappa shape index (κ3) is 3.34. The Bertz CT molecular complexity index is 487. The van der Waals surface area contributed by atoms with Crippen molar-refractivity contribution in [2.45, 2.75) is 23.0 Å². The summed E-state index contributed by atoms with van der Waals surface area (Å²) in [5.74, 6) is 1.11. The lowest BCUT2D eigenvalue weighted by Gasteiger charge is -2.11. The standard InChI is InChI=1S/C10H13ClN2O2S2/c11-10-9(4-1-5-12-10)17(14,15)13-7-8-3-2-6-16-8/h1,4-5,8,13H,2-3,6-7H2. The van der Waals surface area contributed by atoms with E-state index in [-0.39, 0.29) is 10.0 Å². The Labute approximate surface area is 110 Å². The van der Waals surface area contributed by atoms with Crippen LogP contribution in [-0.4, -0.2) is 30.9 Å². The van der Waals surface area contributed by atoms with Gasteiger partial charge in [-0.2, -0.15) is 11.8 Å². The molecule has 2 rings (SSSR count). The van der Waals surface area contributed by atoms with Gasteiger partial charge in [0.1, 0.15) is 10.0 Å². The van der Waals surface area contributed by atoms with Crippen molar-refractivity contribution in [1.29, 1.82) is 0 Å². The van der Waals surface area contributed by atoms with Crippen LogP contribution in [0.15, 0.2) is 23.2 Å². The summed E-state index contributed by atoms with van der Waals surface area (Å²) < 4.78 is 26.5. The molecule has 4 nitrogen and oxygen atoms in total. The molecule has 0 aromatic carbocycles. The van der Waals surface area contributed by atoms with Crippen molar-refractivity contribution in [2.24, 2.45) is 0 Å².